The fourth-order valence-corrected chi connectivity index (χ4v) is 2.40. The molecule has 0 heterocycles. The molecule has 0 saturated heterocycles. The summed E-state index contributed by atoms with van der Waals surface area (Å²) in [7, 11) is 1.32. The minimum Gasteiger partial charge on any atom is -0.467 e. The van der Waals surface area contributed by atoms with Gasteiger partial charge in [0.25, 0.3) is 5.91 Å². The highest BCUT2D eigenvalue weighted by atomic mass is 16.5. The third-order valence-electron chi connectivity index (χ3n) is 3.81. The Morgan fingerprint density at radius 1 is 1.00 bits per heavy atom. The molecule has 130 valence electrons. The normalized spacial score (nSPS) is 11.3. The number of nitrogens with one attached hydrogen (secondary N) is 1. The monoisotopic (exact) mass is 337 g/mol. The van der Waals surface area contributed by atoms with E-state index in [1.54, 1.807) is 12.1 Å². The maximum absolute atomic E-state index is 12.4. The van der Waals surface area contributed by atoms with E-state index in [0.717, 1.165) is 16.7 Å². The van der Waals surface area contributed by atoms with Crippen molar-refractivity contribution in [3.63, 3.8) is 0 Å². The first-order valence-corrected chi connectivity index (χ1v) is 8.19. The van der Waals surface area contributed by atoms with Crippen molar-refractivity contribution >= 4 is 11.9 Å². The number of benzene rings is 2. The van der Waals surface area contributed by atoms with Crippen LogP contribution in [0.3, 0.4) is 0 Å². The zero-order valence-electron chi connectivity index (χ0n) is 14.8. The highest BCUT2D eigenvalue weighted by Crippen LogP contribution is 2.19. The van der Waals surface area contributed by atoms with Gasteiger partial charge in [0.2, 0.25) is 0 Å². The van der Waals surface area contributed by atoms with Crippen molar-refractivity contribution in [2.45, 2.75) is 26.3 Å². The number of allylic oxidation sites excluding steroid dienone is 1. The molecule has 0 aliphatic heterocycles. The molecule has 0 unspecified atom stereocenters. The molecule has 2 aromatic carbocycles. The molecule has 25 heavy (non-hydrogen) atoms. The summed E-state index contributed by atoms with van der Waals surface area (Å²) in [6.07, 6.45) is 2.31. The first-order valence-electron chi connectivity index (χ1n) is 8.19. The lowest BCUT2D eigenvalue weighted by Gasteiger charge is -2.15. The van der Waals surface area contributed by atoms with Gasteiger partial charge in [0, 0.05) is 5.56 Å². The van der Waals surface area contributed by atoms with E-state index in [2.05, 4.69) is 5.32 Å². The van der Waals surface area contributed by atoms with Crippen LogP contribution in [-0.2, 0) is 9.53 Å². The Labute approximate surface area is 148 Å². The van der Waals surface area contributed by atoms with Crippen LogP contribution in [0, 0.1) is 0 Å². The lowest BCUT2D eigenvalue weighted by atomic mass is 10.0. The Hall–Kier alpha value is -2.88. The van der Waals surface area contributed by atoms with Crippen LogP contribution in [0.1, 0.15) is 30.6 Å². The van der Waals surface area contributed by atoms with Crippen molar-refractivity contribution in [1.82, 2.24) is 5.32 Å². The molecule has 0 spiro atoms. The molecular formula is C21H23NO3. The fourth-order valence-electron chi connectivity index (χ4n) is 2.40. The van der Waals surface area contributed by atoms with Gasteiger partial charge in [-0.3, -0.25) is 4.79 Å². The van der Waals surface area contributed by atoms with Crippen LogP contribution in [0.4, 0.5) is 0 Å². The lowest BCUT2D eigenvalue weighted by Crippen LogP contribution is -2.41. The third kappa shape index (κ3) is 5.31. The molecule has 0 fully saturated rings. The third-order valence-corrected chi connectivity index (χ3v) is 3.81. The van der Waals surface area contributed by atoms with Gasteiger partial charge in [-0.25, -0.2) is 4.79 Å². The number of hydrogen-bond acceptors (Lipinski definition) is 3. The van der Waals surface area contributed by atoms with Gasteiger partial charge in [0.05, 0.1) is 7.11 Å². The first kappa shape index (κ1) is 18.5. The molecule has 0 aliphatic rings. The number of carbonyl (C=O) groups is 2. The van der Waals surface area contributed by atoms with Gasteiger partial charge in [0.1, 0.15) is 6.04 Å². The van der Waals surface area contributed by atoms with Gasteiger partial charge < -0.3 is 10.1 Å². The minimum atomic E-state index is -0.693. The van der Waals surface area contributed by atoms with Gasteiger partial charge in [-0.05, 0) is 43.5 Å². The fraction of sp³-hybridized carbons (Fsp3) is 0.238. The second kappa shape index (κ2) is 8.83. The summed E-state index contributed by atoms with van der Waals surface area (Å²) >= 11 is 0. The highest BCUT2D eigenvalue weighted by molar-refractivity contribution is 5.97. The number of hydrogen-bond donors (Lipinski definition) is 1. The maximum Gasteiger partial charge on any atom is 0.328 e. The SMILES string of the molecule is COC(=O)[C@@H](CC=C(C)C)NC(=O)c1ccc(-c2ccccc2)cc1. The largest absolute Gasteiger partial charge is 0.467 e. The molecule has 0 radical (unpaired) electrons. The lowest BCUT2D eigenvalue weighted by molar-refractivity contribution is -0.142. The van der Waals surface area contributed by atoms with Crippen molar-refractivity contribution in [3.05, 3.63) is 71.8 Å². The predicted molar refractivity (Wildman–Crippen MR) is 99.2 cm³/mol. The molecule has 4 heteroatoms. The van der Waals surface area contributed by atoms with E-state index in [-0.39, 0.29) is 5.91 Å². The summed E-state index contributed by atoms with van der Waals surface area (Å²) in [5.41, 5.74) is 3.71. The van der Waals surface area contributed by atoms with Gasteiger partial charge in [-0.15, -0.1) is 0 Å². The van der Waals surface area contributed by atoms with E-state index in [1.807, 2.05) is 62.4 Å². The van der Waals surface area contributed by atoms with Crippen LogP contribution in [0.2, 0.25) is 0 Å². The quantitative estimate of drug-likeness (QED) is 0.641. The molecule has 0 aromatic heterocycles. The van der Waals surface area contributed by atoms with Gasteiger partial charge in [0.15, 0.2) is 0 Å². The predicted octanol–water partition coefficient (Wildman–Crippen LogP) is 3.98. The van der Waals surface area contributed by atoms with E-state index < -0.39 is 12.0 Å². The van der Waals surface area contributed by atoms with E-state index in [9.17, 15) is 9.59 Å². The van der Waals surface area contributed by atoms with Crippen LogP contribution in [-0.4, -0.2) is 25.0 Å². The van der Waals surface area contributed by atoms with Crippen molar-refractivity contribution in [1.29, 1.82) is 0 Å². The van der Waals surface area contributed by atoms with E-state index in [4.69, 9.17) is 4.74 Å². The second-order valence-electron chi connectivity index (χ2n) is 6.01. The molecule has 1 amide bonds. The number of carbonyl (C=O) groups excluding carboxylic acids is 2. The molecule has 4 nitrogen and oxygen atoms in total. The zero-order valence-corrected chi connectivity index (χ0v) is 14.8. The van der Waals surface area contributed by atoms with Crippen LogP contribution in [0.25, 0.3) is 11.1 Å². The molecular weight excluding hydrogens is 314 g/mol. The highest BCUT2D eigenvalue weighted by Gasteiger charge is 2.21. The minimum absolute atomic E-state index is 0.294. The van der Waals surface area contributed by atoms with Crippen LogP contribution in [0.15, 0.2) is 66.2 Å². The Morgan fingerprint density at radius 2 is 1.60 bits per heavy atom. The Morgan fingerprint density at radius 3 is 2.16 bits per heavy atom. The second-order valence-corrected chi connectivity index (χ2v) is 6.01. The number of methoxy groups -OCH3 is 1. The zero-order chi connectivity index (χ0) is 18.2. The summed E-state index contributed by atoms with van der Waals surface area (Å²) in [5.74, 6) is -0.746. The molecule has 2 aromatic rings. The summed E-state index contributed by atoms with van der Waals surface area (Å²) in [4.78, 5) is 24.3. The van der Waals surface area contributed by atoms with E-state index in [1.165, 1.54) is 7.11 Å². The topological polar surface area (TPSA) is 55.4 Å². The Kier molecular flexibility index (Phi) is 6.52. The number of rotatable bonds is 6. The summed E-state index contributed by atoms with van der Waals surface area (Å²) in [6.45, 7) is 3.89. The molecule has 0 saturated carbocycles. The van der Waals surface area contributed by atoms with E-state index >= 15 is 0 Å². The Bertz CT molecular complexity index is 744. The van der Waals surface area contributed by atoms with E-state index in [0.29, 0.717) is 12.0 Å². The van der Waals surface area contributed by atoms with Gasteiger partial charge in [-0.2, -0.15) is 0 Å². The maximum atomic E-state index is 12.4. The van der Waals surface area contributed by atoms with Crippen molar-refractivity contribution in [3.8, 4) is 11.1 Å². The summed E-state index contributed by atoms with van der Waals surface area (Å²) in [5, 5.41) is 2.74. The molecule has 1 N–H and O–H groups in total. The van der Waals surface area contributed by atoms with Crippen molar-refractivity contribution in [2.24, 2.45) is 0 Å². The molecule has 1 atom stereocenters. The van der Waals surface area contributed by atoms with Crippen molar-refractivity contribution < 1.29 is 14.3 Å². The summed E-state index contributed by atoms with van der Waals surface area (Å²) < 4.78 is 4.78. The van der Waals surface area contributed by atoms with Crippen LogP contribution in [0.5, 0.6) is 0 Å². The number of ether oxygens (including phenoxy) is 1. The van der Waals surface area contributed by atoms with Gasteiger partial charge >= 0.3 is 5.97 Å². The Balaban J connectivity index is 2.10. The average molecular weight is 337 g/mol. The number of esters is 1. The number of amides is 1. The van der Waals surface area contributed by atoms with Crippen molar-refractivity contribution in [2.75, 3.05) is 7.11 Å². The smallest absolute Gasteiger partial charge is 0.328 e. The standard InChI is InChI=1S/C21H23NO3/c1-15(2)9-14-19(21(24)25-3)22-20(23)18-12-10-17(11-13-18)16-7-5-4-6-8-16/h4-13,19H,14H2,1-3H3,(H,22,23)/t19-/m1/s1. The van der Waals surface area contributed by atoms with Crippen LogP contribution < -0.4 is 5.32 Å². The first-order chi connectivity index (χ1) is 12.0. The summed E-state index contributed by atoms with van der Waals surface area (Å²) in [6, 6.07) is 16.6. The van der Waals surface area contributed by atoms with Crippen LogP contribution >= 0.6 is 0 Å². The molecule has 2 rings (SSSR count). The molecule has 0 aliphatic carbocycles. The van der Waals surface area contributed by atoms with Gasteiger partial charge in [-0.1, -0.05) is 54.1 Å². The average Bonchev–Trinajstić information content (AvgIpc) is 2.65. The molecule has 0 bridgehead atoms.